The number of ether oxygens (including phenoxy) is 3. The zero-order valence-corrected chi connectivity index (χ0v) is 25.1. The fourth-order valence-corrected chi connectivity index (χ4v) is 5.70. The molecule has 3 aromatic heterocycles. The van der Waals surface area contributed by atoms with E-state index < -0.39 is 0 Å². The number of methoxy groups -OCH3 is 2. The molecule has 0 fully saturated rings. The second-order valence-electron chi connectivity index (χ2n) is 9.32. The second kappa shape index (κ2) is 12.1. The molecule has 0 saturated carbocycles. The molecule has 0 aliphatic heterocycles. The summed E-state index contributed by atoms with van der Waals surface area (Å²) in [5.41, 5.74) is 3.71. The Morgan fingerprint density at radius 3 is 2.44 bits per heavy atom. The van der Waals surface area contributed by atoms with E-state index in [4.69, 9.17) is 30.9 Å². The van der Waals surface area contributed by atoms with Crippen LogP contribution in [0.3, 0.4) is 0 Å². The lowest BCUT2D eigenvalue weighted by atomic mass is 10.1. The zero-order chi connectivity index (χ0) is 29.9. The number of halogens is 1. The highest BCUT2D eigenvalue weighted by Gasteiger charge is 2.15. The molecule has 0 aliphatic carbocycles. The number of benzene rings is 3. The number of hydrogen-bond donors (Lipinski definition) is 0. The van der Waals surface area contributed by atoms with Crippen molar-refractivity contribution in [2.75, 3.05) is 20.8 Å². The van der Waals surface area contributed by atoms with Crippen molar-refractivity contribution in [2.24, 2.45) is 0 Å². The van der Waals surface area contributed by atoms with Crippen LogP contribution in [0.4, 0.5) is 0 Å². The van der Waals surface area contributed by atoms with Crippen LogP contribution in [0.25, 0.3) is 40.1 Å². The van der Waals surface area contributed by atoms with Crippen LogP contribution in [-0.2, 0) is 0 Å². The molecule has 3 heterocycles. The zero-order valence-electron chi connectivity index (χ0n) is 23.5. The molecule has 0 saturated heterocycles. The third-order valence-electron chi connectivity index (χ3n) is 6.59. The molecule has 11 heteroatoms. The summed E-state index contributed by atoms with van der Waals surface area (Å²) in [4.78, 5) is 18.4. The molecule has 0 unspecified atom stereocenters. The monoisotopic (exact) mass is 611 g/mol. The first-order valence-electron chi connectivity index (χ1n) is 13.4. The second-order valence-corrected chi connectivity index (χ2v) is 10.7. The van der Waals surface area contributed by atoms with E-state index in [1.165, 1.54) is 15.9 Å². The van der Waals surface area contributed by atoms with Crippen molar-refractivity contribution in [3.8, 4) is 34.2 Å². The maximum atomic E-state index is 13.4. The molecule has 0 amide bonds. The number of para-hydroxylation sites is 1. The fourth-order valence-electron chi connectivity index (χ4n) is 4.54. The molecule has 9 nitrogen and oxygen atoms in total. The largest absolute Gasteiger partial charge is 0.495 e. The smallest absolute Gasteiger partial charge is 0.291 e. The molecule has 43 heavy (non-hydrogen) atoms. The molecule has 3 aromatic carbocycles. The van der Waals surface area contributed by atoms with Gasteiger partial charge in [0.2, 0.25) is 4.96 Å². The van der Waals surface area contributed by atoms with Gasteiger partial charge in [-0.25, -0.2) is 4.68 Å². The number of thiazole rings is 1. The van der Waals surface area contributed by atoms with Crippen molar-refractivity contribution in [3.63, 3.8) is 0 Å². The molecular weight excluding hydrogens is 586 g/mol. The minimum atomic E-state index is -0.263. The average molecular weight is 612 g/mol. The fraction of sp³-hybridized carbons (Fsp3) is 0.125. The van der Waals surface area contributed by atoms with E-state index in [-0.39, 0.29) is 5.56 Å². The lowest BCUT2D eigenvalue weighted by Crippen LogP contribution is -2.23. The highest BCUT2D eigenvalue weighted by Crippen LogP contribution is 2.32. The molecule has 0 aliphatic rings. The average Bonchev–Trinajstić information content (AvgIpc) is 3.71. The standard InChI is InChI=1S/C32H26ClN5O4S/c1-4-42-26-13-10-20(16-27(26)41-3)11-15-29-34-32-38(35-29)31(39)28(43-32)18-22-19-37(23-8-6-5-7-9-23)36-30(22)21-12-14-25(40-2)24(33)17-21/h5-19H,4H2,1-3H3/b15-11+,28-18-. The molecule has 0 bridgehead atoms. The Morgan fingerprint density at radius 1 is 0.930 bits per heavy atom. The Bertz CT molecular complexity index is 2070. The minimum Gasteiger partial charge on any atom is -0.495 e. The van der Waals surface area contributed by atoms with E-state index in [0.29, 0.717) is 49.9 Å². The van der Waals surface area contributed by atoms with Gasteiger partial charge in [-0.3, -0.25) is 4.79 Å². The van der Waals surface area contributed by atoms with E-state index in [2.05, 4.69) is 10.1 Å². The van der Waals surface area contributed by atoms with Gasteiger partial charge >= 0.3 is 0 Å². The van der Waals surface area contributed by atoms with Gasteiger partial charge in [-0.1, -0.05) is 53.3 Å². The van der Waals surface area contributed by atoms with Crippen molar-refractivity contribution in [1.82, 2.24) is 24.4 Å². The molecule has 0 radical (unpaired) electrons. The Hall–Kier alpha value is -4.93. The summed E-state index contributed by atoms with van der Waals surface area (Å²) in [6.07, 6.45) is 7.31. The van der Waals surface area contributed by atoms with E-state index in [1.54, 1.807) is 37.1 Å². The summed E-state index contributed by atoms with van der Waals surface area (Å²) < 4.78 is 19.9. The first-order chi connectivity index (χ1) is 21.0. The van der Waals surface area contributed by atoms with Crippen molar-refractivity contribution in [2.45, 2.75) is 6.92 Å². The normalized spacial score (nSPS) is 12.0. The highest BCUT2D eigenvalue weighted by atomic mass is 35.5. The quantitative estimate of drug-likeness (QED) is 0.204. The maximum Gasteiger partial charge on any atom is 0.291 e. The van der Waals surface area contributed by atoms with Crippen molar-refractivity contribution in [1.29, 1.82) is 0 Å². The van der Waals surface area contributed by atoms with Gasteiger partial charge in [0.25, 0.3) is 5.56 Å². The summed E-state index contributed by atoms with van der Waals surface area (Å²) in [5, 5.41) is 9.73. The number of fused-ring (bicyclic) bond motifs is 1. The van der Waals surface area contributed by atoms with Gasteiger partial charge in [-0.2, -0.15) is 14.6 Å². The van der Waals surface area contributed by atoms with E-state index in [1.807, 2.05) is 79.9 Å². The van der Waals surface area contributed by atoms with Crippen LogP contribution in [0.2, 0.25) is 5.02 Å². The summed E-state index contributed by atoms with van der Waals surface area (Å²) in [7, 11) is 3.17. The van der Waals surface area contributed by atoms with Crippen molar-refractivity contribution in [3.05, 3.63) is 110 Å². The van der Waals surface area contributed by atoms with Gasteiger partial charge < -0.3 is 14.2 Å². The number of hydrogen-bond acceptors (Lipinski definition) is 8. The van der Waals surface area contributed by atoms with Crippen LogP contribution < -0.4 is 24.3 Å². The van der Waals surface area contributed by atoms with E-state index in [0.717, 1.165) is 22.4 Å². The molecule has 6 aromatic rings. The molecule has 216 valence electrons. The third-order valence-corrected chi connectivity index (χ3v) is 7.84. The van der Waals surface area contributed by atoms with Gasteiger partial charge in [0, 0.05) is 17.3 Å². The van der Waals surface area contributed by atoms with Crippen LogP contribution in [0, 0.1) is 0 Å². The summed E-state index contributed by atoms with van der Waals surface area (Å²) in [6, 6.07) is 20.9. The highest BCUT2D eigenvalue weighted by molar-refractivity contribution is 7.15. The Balaban J connectivity index is 1.36. The predicted molar refractivity (Wildman–Crippen MR) is 170 cm³/mol. The van der Waals surface area contributed by atoms with Crippen LogP contribution in [0.1, 0.15) is 23.9 Å². The van der Waals surface area contributed by atoms with Gasteiger partial charge in [0.05, 0.1) is 36.1 Å². The van der Waals surface area contributed by atoms with E-state index in [9.17, 15) is 4.79 Å². The Morgan fingerprint density at radius 2 is 1.72 bits per heavy atom. The molecule has 0 spiro atoms. The number of nitrogens with zero attached hydrogens (tertiary/aromatic N) is 5. The van der Waals surface area contributed by atoms with Crippen LogP contribution in [-0.4, -0.2) is 45.2 Å². The lowest BCUT2D eigenvalue weighted by molar-refractivity contribution is 0.311. The minimum absolute atomic E-state index is 0.263. The first kappa shape index (κ1) is 28.2. The summed E-state index contributed by atoms with van der Waals surface area (Å²) >= 11 is 7.70. The van der Waals surface area contributed by atoms with Crippen LogP contribution in [0.15, 0.2) is 77.7 Å². The summed E-state index contributed by atoms with van der Waals surface area (Å²) in [5.74, 6) is 2.30. The van der Waals surface area contributed by atoms with Crippen molar-refractivity contribution < 1.29 is 14.2 Å². The topological polar surface area (TPSA) is 92.8 Å². The van der Waals surface area contributed by atoms with Crippen LogP contribution in [0.5, 0.6) is 17.2 Å². The van der Waals surface area contributed by atoms with E-state index >= 15 is 0 Å². The number of aromatic nitrogens is 5. The first-order valence-corrected chi connectivity index (χ1v) is 14.6. The van der Waals surface area contributed by atoms with Gasteiger partial charge in [-0.05, 0) is 67.1 Å². The molecule has 6 rings (SSSR count). The maximum absolute atomic E-state index is 13.4. The molecule has 0 N–H and O–H groups in total. The molecule has 0 atom stereocenters. The number of rotatable bonds is 9. The third kappa shape index (κ3) is 5.75. The lowest BCUT2D eigenvalue weighted by Gasteiger charge is -2.09. The summed E-state index contributed by atoms with van der Waals surface area (Å²) in [6.45, 7) is 2.47. The Kier molecular flexibility index (Phi) is 7.95. The Labute approximate surface area is 255 Å². The van der Waals surface area contributed by atoms with Crippen molar-refractivity contribution >= 4 is 46.1 Å². The van der Waals surface area contributed by atoms with Gasteiger partial charge in [0.15, 0.2) is 17.3 Å². The van der Waals surface area contributed by atoms with Crippen LogP contribution >= 0.6 is 22.9 Å². The van der Waals surface area contributed by atoms with Gasteiger partial charge in [0.1, 0.15) is 11.4 Å². The predicted octanol–water partition coefficient (Wildman–Crippen LogP) is 5.79. The van der Waals surface area contributed by atoms with Gasteiger partial charge in [-0.15, -0.1) is 5.10 Å². The SMILES string of the molecule is CCOc1ccc(/C=C/c2nc3s/c(=C\c4cn(-c5ccccc5)nc4-c4ccc(OC)c(Cl)c4)c(=O)n3n2)cc1OC. The molecular formula is C32H26ClN5O4S.